The summed E-state index contributed by atoms with van der Waals surface area (Å²) in [5.41, 5.74) is 8.21. The predicted molar refractivity (Wildman–Crippen MR) is 136 cm³/mol. The molecule has 0 spiro atoms. The summed E-state index contributed by atoms with van der Waals surface area (Å²) >= 11 is 0. The fourth-order valence-electron chi connectivity index (χ4n) is 4.75. The van der Waals surface area contributed by atoms with Crippen molar-refractivity contribution in [2.45, 2.75) is 6.92 Å². The van der Waals surface area contributed by atoms with Crippen LogP contribution in [0.2, 0.25) is 0 Å². The van der Waals surface area contributed by atoms with Gasteiger partial charge >= 0.3 is 0 Å². The van der Waals surface area contributed by atoms with Crippen molar-refractivity contribution in [3.05, 3.63) is 115 Å². The molecule has 6 aromatic rings. The van der Waals surface area contributed by atoms with Crippen molar-refractivity contribution in [3.63, 3.8) is 0 Å². The van der Waals surface area contributed by atoms with Gasteiger partial charge in [-0.25, -0.2) is 8.96 Å². The number of nitrogens with zero attached hydrogens (tertiary/aromatic N) is 1. The number of benzene rings is 4. The Hall–Kier alpha value is -4.24. The van der Waals surface area contributed by atoms with Gasteiger partial charge in [0.15, 0.2) is 6.20 Å². The molecule has 0 N–H and O–H groups in total. The second kappa shape index (κ2) is 7.96. The molecule has 34 heavy (non-hydrogen) atoms. The quantitative estimate of drug-likeness (QED) is 0.254. The third-order valence-electron chi connectivity index (χ3n) is 6.55. The van der Waals surface area contributed by atoms with E-state index in [2.05, 4.69) is 41.8 Å². The summed E-state index contributed by atoms with van der Waals surface area (Å²) in [5, 5.41) is 1.90. The van der Waals surface area contributed by atoms with Crippen LogP contribution >= 0.6 is 0 Å². The summed E-state index contributed by atoms with van der Waals surface area (Å²) < 4.78 is 23.6. The topological polar surface area (TPSA) is 17.0 Å². The number of hydrogen-bond donors (Lipinski definition) is 0. The Labute approximate surface area is 197 Å². The molecule has 0 radical (unpaired) electrons. The normalized spacial score (nSPS) is 11.4. The Balaban J connectivity index is 1.52. The van der Waals surface area contributed by atoms with Gasteiger partial charge in [0.25, 0.3) is 0 Å². The van der Waals surface area contributed by atoms with E-state index in [1.807, 2.05) is 73.9 Å². The molecule has 3 heteroatoms. The van der Waals surface area contributed by atoms with Gasteiger partial charge in [0.2, 0.25) is 5.69 Å². The van der Waals surface area contributed by atoms with Crippen LogP contribution < -0.4 is 4.57 Å². The third-order valence-corrected chi connectivity index (χ3v) is 6.55. The molecule has 0 amide bonds. The van der Waals surface area contributed by atoms with Crippen LogP contribution in [0.5, 0.6) is 0 Å². The molecule has 6 rings (SSSR count). The zero-order valence-corrected chi connectivity index (χ0v) is 19.0. The second-order valence-electron chi connectivity index (χ2n) is 8.70. The van der Waals surface area contributed by atoms with Crippen LogP contribution in [-0.4, -0.2) is 0 Å². The average molecular weight is 445 g/mol. The summed E-state index contributed by atoms with van der Waals surface area (Å²) in [6.45, 7) is 2.08. The molecule has 2 heterocycles. The molecule has 0 saturated heterocycles. The van der Waals surface area contributed by atoms with Crippen molar-refractivity contribution in [2.75, 3.05) is 0 Å². The SMILES string of the molecule is Cc1ccc2c(oc3cc(F)c(-c4ccc(-c5ccccc5)cc4)cc32)c1-c1cccc[n+]1C. The minimum Gasteiger partial charge on any atom is -0.455 e. The van der Waals surface area contributed by atoms with Gasteiger partial charge in [-0.1, -0.05) is 66.7 Å². The Bertz CT molecular complexity index is 1660. The number of pyridine rings is 1. The molecule has 2 nitrogen and oxygen atoms in total. The Morgan fingerprint density at radius 2 is 1.41 bits per heavy atom. The molecule has 0 bridgehead atoms. The van der Waals surface area contributed by atoms with E-state index >= 15 is 4.39 Å². The maximum atomic E-state index is 15.3. The minimum atomic E-state index is -0.289. The van der Waals surface area contributed by atoms with Crippen molar-refractivity contribution in [1.82, 2.24) is 0 Å². The predicted octanol–water partition coefficient (Wildman–Crippen LogP) is 7.86. The van der Waals surface area contributed by atoms with E-state index in [-0.39, 0.29) is 5.82 Å². The highest BCUT2D eigenvalue weighted by atomic mass is 19.1. The lowest BCUT2D eigenvalue weighted by atomic mass is 9.97. The first-order chi connectivity index (χ1) is 16.6. The highest BCUT2D eigenvalue weighted by Crippen LogP contribution is 2.39. The molecule has 0 aliphatic heterocycles. The molecular formula is C31H23FNO+. The lowest BCUT2D eigenvalue weighted by Gasteiger charge is -2.07. The van der Waals surface area contributed by atoms with Crippen LogP contribution in [0.15, 0.2) is 108 Å². The standard InChI is InChI=1S/C31H23FNO/c1-20-11-16-24-26-18-25(23-14-12-22(13-15-23)21-8-4-3-5-9-21)27(32)19-29(26)34-31(24)30(20)28-10-6-7-17-33(28)2/h3-19H,1-2H3/q+1. The summed E-state index contributed by atoms with van der Waals surface area (Å²) in [7, 11) is 2.02. The molecule has 164 valence electrons. The van der Waals surface area contributed by atoms with Gasteiger partial charge in [0, 0.05) is 34.5 Å². The largest absolute Gasteiger partial charge is 0.455 e. The minimum absolute atomic E-state index is 0.289. The number of rotatable bonds is 3. The fraction of sp³-hybridized carbons (Fsp3) is 0.0645. The van der Waals surface area contributed by atoms with E-state index in [1.54, 1.807) is 0 Å². The molecule has 0 atom stereocenters. The lowest BCUT2D eigenvalue weighted by molar-refractivity contribution is -0.660. The van der Waals surface area contributed by atoms with Crippen molar-refractivity contribution < 1.29 is 13.4 Å². The summed E-state index contributed by atoms with van der Waals surface area (Å²) in [6, 6.07) is 31.9. The van der Waals surface area contributed by atoms with Gasteiger partial charge in [0.1, 0.15) is 24.0 Å². The first-order valence-electron chi connectivity index (χ1n) is 11.4. The van der Waals surface area contributed by atoms with Crippen LogP contribution in [0.25, 0.3) is 55.4 Å². The summed E-state index contributed by atoms with van der Waals surface area (Å²) in [4.78, 5) is 0. The lowest BCUT2D eigenvalue weighted by Crippen LogP contribution is -2.30. The number of aromatic nitrogens is 1. The molecule has 0 fully saturated rings. The van der Waals surface area contributed by atoms with E-state index in [4.69, 9.17) is 4.42 Å². The highest BCUT2D eigenvalue weighted by molar-refractivity contribution is 6.10. The van der Waals surface area contributed by atoms with Crippen molar-refractivity contribution in [2.24, 2.45) is 7.05 Å². The third kappa shape index (κ3) is 3.29. The Morgan fingerprint density at radius 1 is 0.706 bits per heavy atom. The van der Waals surface area contributed by atoms with Crippen LogP contribution in [-0.2, 0) is 7.05 Å². The zero-order valence-electron chi connectivity index (χ0n) is 19.0. The number of hydrogen-bond acceptors (Lipinski definition) is 1. The second-order valence-corrected chi connectivity index (χ2v) is 8.70. The molecule has 0 unspecified atom stereocenters. The summed E-state index contributed by atoms with van der Waals surface area (Å²) in [5.74, 6) is -0.289. The number of halogens is 1. The van der Waals surface area contributed by atoms with Gasteiger partial charge in [-0.05, 0) is 41.3 Å². The molecule has 0 aliphatic carbocycles. The monoisotopic (exact) mass is 444 g/mol. The molecule has 4 aromatic carbocycles. The van der Waals surface area contributed by atoms with Crippen molar-refractivity contribution in [1.29, 1.82) is 0 Å². The molecule has 0 aliphatic rings. The van der Waals surface area contributed by atoms with E-state index in [0.29, 0.717) is 11.1 Å². The number of furan rings is 1. The van der Waals surface area contributed by atoms with Gasteiger partial charge < -0.3 is 4.42 Å². The number of aryl methyl sites for hydroxylation is 2. The average Bonchev–Trinajstić information content (AvgIpc) is 3.22. The van der Waals surface area contributed by atoms with Crippen molar-refractivity contribution in [3.8, 4) is 33.5 Å². The number of fused-ring (bicyclic) bond motifs is 3. The maximum absolute atomic E-state index is 15.3. The highest BCUT2D eigenvalue weighted by Gasteiger charge is 2.21. The first-order valence-corrected chi connectivity index (χ1v) is 11.4. The molecule has 2 aromatic heterocycles. The first kappa shape index (κ1) is 20.4. The van der Waals surface area contributed by atoms with Crippen LogP contribution in [0.1, 0.15) is 5.56 Å². The smallest absolute Gasteiger partial charge is 0.216 e. The fourth-order valence-corrected chi connectivity index (χ4v) is 4.75. The molecule has 0 saturated carbocycles. The van der Waals surface area contributed by atoms with Gasteiger partial charge in [-0.2, -0.15) is 0 Å². The van der Waals surface area contributed by atoms with Crippen LogP contribution in [0.3, 0.4) is 0 Å². The van der Waals surface area contributed by atoms with Gasteiger partial charge in [-0.3, -0.25) is 0 Å². The van der Waals surface area contributed by atoms with E-state index in [1.165, 1.54) is 6.07 Å². The van der Waals surface area contributed by atoms with E-state index in [0.717, 1.165) is 49.9 Å². The Kier molecular flexibility index (Phi) is 4.77. The zero-order chi connectivity index (χ0) is 23.2. The maximum Gasteiger partial charge on any atom is 0.216 e. The Morgan fingerprint density at radius 3 is 2.18 bits per heavy atom. The van der Waals surface area contributed by atoms with Gasteiger partial charge in [0.05, 0.1) is 5.56 Å². The summed E-state index contributed by atoms with van der Waals surface area (Å²) in [6.07, 6.45) is 2.02. The van der Waals surface area contributed by atoms with E-state index < -0.39 is 0 Å². The van der Waals surface area contributed by atoms with Crippen molar-refractivity contribution >= 4 is 21.9 Å². The molecular weight excluding hydrogens is 421 g/mol. The van der Waals surface area contributed by atoms with E-state index in [9.17, 15) is 0 Å². The van der Waals surface area contributed by atoms with Gasteiger partial charge in [-0.15, -0.1) is 0 Å². The van der Waals surface area contributed by atoms with Crippen LogP contribution in [0, 0.1) is 12.7 Å². The van der Waals surface area contributed by atoms with Crippen LogP contribution in [0.4, 0.5) is 4.39 Å².